The summed E-state index contributed by atoms with van der Waals surface area (Å²) >= 11 is 0. The molecule has 0 radical (unpaired) electrons. The van der Waals surface area contributed by atoms with E-state index in [0.29, 0.717) is 12.2 Å². The molecule has 2 aromatic carbocycles. The minimum absolute atomic E-state index is 0.0571. The number of carbonyl (C=O) groups excluding carboxylic acids is 2. The highest BCUT2D eigenvalue weighted by Gasteiger charge is 2.20. The molecule has 8 nitrogen and oxygen atoms in total. The van der Waals surface area contributed by atoms with Crippen LogP contribution in [0.1, 0.15) is 12.5 Å². The number of methoxy groups -OCH3 is 1. The zero-order valence-corrected chi connectivity index (χ0v) is 15.0. The smallest absolute Gasteiger partial charge is 0.314 e. The maximum absolute atomic E-state index is 12.1. The molecule has 0 fully saturated rings. The number of ketones is 1. The van der Waals surface area contributed by atoms with E-state index in [1.807, 2.05) is 30.3 Å². The van der Waals surface area contributed by atoms with Gasteiger partial charge in [-0.05, 0) is 31.0 Å². The maximum Gasteiger partial charge on any atom is 0.314 e. The molecule has 142 valence electrons. The van der Waals surface area contributed by atoms with Gasteiger partial charge >= 0.3 is 5.69 Å². The zero-order valence-electron chi connectivity index (χ0n) is 15.0. The van der Waals surface area contributed by atoms with Crippen LogP contribution in [0.3, 0.4) is 0 Å². The summed E-state index contributed by atoms with van der Waals surface area (Å²) in [6, 6.07) is 12.6. The molecule has 1 atom stereocenters. The van der Waals surface area contributed by atoms with Crippen LogP contribution in [-0.2, 0) is 16.0 Å². The Hall–Kier alpha value is -3.42. The Labute approximate surface area is 156 Å². The quantitative estimate of drug-likeness (QED) is 0.534. The van der Waals surface area contributed by atoms with Crippen molar-refractivity contribution in [3.8, 4) is 11.5 Å². The molecule has 8 heteroatoms. The summed E-state index contributed by atoms with van der Waals surface area (Å²) in [6.07, 6.45) is 0.352. The van der Waals surface area contributed by atoms with E-state index >= 15 is 0 Å². The molecule has 0 heterocycles. The summed E-state index contributed by atoms with van der Waals surface area (Å²) in [5.74, 6) is -0.490. The summed E-state index contributed by atoms with van der Waals surface area (Å²) in [5.41, 5.74) is 0.597. The standard InChI is InChI=1S/C19H20N2O6/c1-13(22)16(10-14-6-4-3-5-7-14)20-19(23)12-27-18-9-8-15(26-2)11-17(18)21(24)25/h3-9,11,16H,10,12H2,1-2H3,(H,20,23)/t16-/m0/s1. The summed E-state index contributed by atoms with van der Waals surface area (Å²) in [4.78, 5) is 34.5. The monoisotopic (exact) mass is 372 g/mol. The van der Waals surface area contributed by atoms with Crippen molar-refractivity contribution in [2.75, 3.05) is 13.7 Å². The number of rotatable bonds is 9. The van der Waals surface area contributed by atoms with Gasteiger partial charge in [-0.1, -0.05) is 30.3 Å². The van der Waals surface area contributed by atoms with Crippen molar-refractivity contribution in [3.63, 3.8) is 0 Å². The Balaban J connectivity index is 2.00. The molecule has 2 rings (SSSR count). The fraction of sp³-hybridized carbons (Fsp3) is 0.263. The number of Topliss-reactive ketones (excluding diaryl/α,β-unsaturated/α-hetero) is 1. The van der Waals surface area contributed by atoms with Crippen LogP contribution in [0.25, 0.3) is 0 Å². The predicted molar refractivity (Wildman–Crippen MR) is 97.9 cm³/mol. The van der Waals surface area contributed by atoms with E-state index in [1.54, 1.807) is 0 Å². The normalized spacial score (nSPS) is 11.3. The Bertz CT molecular complexity index is 822. The van der Waals surface area contributed by atoms with E-state index in [-0.39, 0.29) is 17.2 Å². The van der Waals surface area contributed by atoms with Gasteiger partial charge in [0.25, 0.3) is 5.91 Å². The highest BCUT2D eigenvalue weighted by Crippen LogP contribution is 2.30. The van der Waals surface area contributed by atoms with E-state index in [2.05, 4.69) is 5.32 Å². The fourth-order valence-electron chi connectivity index (χ4n) is 2.41. The maximum atomic E-state index is 12.1. The molecule has 1 N–H and O–H groups in total. The number of amides is 1. The van der Waals surface area contributed by atoms with Crippen molar-refractivity contribution < 1.29 is 24.0 Å². The van der Waals surface area contributed by atoms with Crippen LogP contribution in [0, 0.1) is 10.1 Å². The molecule has 0 spiro atoms. The van der Waals surface area contributed by atoms with Gasteiger partial charge in [0.05, 0.1) is 24.1 Å². The molecule has 0 aliphatic heterocycles. The third-order valence-corrected chi connectivity index (χ3v) is 3.83. The van der Waals surface area contributed by atoms with Crippen LogP contribution in [-0.4, -0.2) is 36.4 Å². The average molecular weight is 372 g/mol. The first-order valence-electron chi connectivity index (χ1n) is 8.19. The molecule has 0 saturated carbocycles. The number of hydrogen-bond donors (Lipinski definition) is 1. The molecule has 0 aliphatic rings. The van der Waals surface area contributed by atoms with Crippen molar-refractivity contribution >= 4 is 17.4 Å². The van der Waals surface area contributed by atoms with Gasteiger partial charge in [-0.15, -0.1) is 0 Å². The molecular weight excluding hydrogens is 352 g/mol. The van der Waals surface area contributed by atoms with E-state index < -0.39 is 23.5 Å². The molecular formula is C19H20N2O6. The van der Waals surface area contributed by atoms with Gasteiger partial charge in [-0.2, -0.15) is 0 Å². The first-order valence-corrected chi connectivity index (χ1v) is 8.19. The first kappa shape index (κ1) is 19.9. The average Bonchev–Trinajstić information content (AvgIpc) is 2.66. The van der Waals surface area contributed by atoms with Crippen LogP contribution in [0.4, 0.5) is 5.69 Å². The van der Waals surface area contributed by atoms with Crippen LogP contribution < -0.4 is 14.8 Å². The number of hydrogen-bond acceptors (Lipinski definition) is 6. The number of carbonyl (C=O) groups is 2. The lowest BCUT2D eigenvalue weighted by molar-refractivity contribution is -0.385. The van der Waals surface area contributed by atoms with Crippen LogP contribution >= 0.6 is 0 Å². The minimum Gasteiger partial charge on any atom is -0.496 e. The summed E-state index contributed by atoms with van der Waals surface area (Å²) in [6.45, 7) is 0.939. The van der Waals surface area contributed by atoms with Gasteiger partial charge in [0.2, 0.25) is 0 Å². The van der Waals surface area contributed by atoms with Crippen molar-refractivity contribution in [1.82, 2.24) is 5.32 Å². The lowest BCUT2D eigenvalue weighted by Gasteiger charge is -2.16. The molecule has 0 aromatic heterocycles. The molecule has 0 saturated heterocycles. The number of nitrogens with zero attached hydrogens (tertiary/aromatic N) is 1. The summed E-state index contributed by atoms with van der Waals surface area (Å²) < 4.78 is 10.2. The lowest BCUT2D eigenvalue weighted by Crippen LogP contribution is -2.43. The molecule has 27 heavy (non-hydrogen) atoms. The van der Waals surface area contributed by atoms with Crippen molar-refractivity contribution in [3.05, 3.63) is 64.2 Å². The lowest BCUT2D eigenvalue weighted by atomic mass is 10.0. The number of ether oxygens (including phenoxy) is 2. The van der Waals surface area contributed by atoms with Crippen LogP contribution in [0.5, 0.6) is 11.5 Å². The van der Waals surface area contributed by atoms with E-state index in [4.69, 9.17) is 9.47 Å². The topological polar surface area (TPSA) is 108 Å². The highest BCUT2D eigenvalue weighted by atomic mass is 16.6. The predicted octanol–water partition coefficient (Wildman–Crippen LogP) is 2.30. The number of benzene rings is 2. The number of nitro groups is 1. The summed E-state index contributed by atoms with van der Waals surface area (Å²) in [7, 11) is 1.39. The highest BCUT2D eigenvalue weighted by molar-refractivity contribution is 5.88. The van der Waals surface area contributed by atoms with E-state index in [0.717, 1.165) is 5.56 Å². The Morgan fingerprint density at radius 2 is 1.89 bits per heavy atom. The fourth-order valence-corrected chi connectivity index (χ4v) is 2.41. The molecule has 2 aromatic rings. The van der Waals surface area contributed by atoms with Crippen LogP contribution in [0.15, 0.2) is 48.5 Å². The van der Waals surface area contributed by atoms with Crippen molar-refractivity contribution in [1.29, 1.82) is 0 Å². The Kier molecular flexibility index (Phi) is 6.87. The second-order valence-electron chi connectivity index (χ2n) is 5.80. The van der Waals surface area contributed by atoms with Crippen molar-refractivity contribution in [2.45, 2.75) is 19.4 Å². The minimum atomic E-state index is -0.700. The number of nitro benzene ring substituents is 1. The Morgan fingerprint density at radius 1 is 1.19 bits per heavy atom. The zero-order chi connectivity index (χ0) is 19.8. The molecule has 0 unspecified atom stereocenters. The second-order valence-corrected chi connectivity index (χ2v) is 5.80. The van der Waals surface area contributed by atoms with Gasteiger partial charge in [0.15, 0.2) is 18.1 Å². The van der Waals surface area contributed by atoms with Gasteiger partial charge in [0.1, 0.15) is 5.75 Å². The molecule has 1 amide bonds. The molecule has 0 aliphatic carbocycles. The van der Waals surface area contributed by atoms with Gasteiger partial charge in [0, 0.05) is 0 Å². The van der Waals surface area contributed by atoms with Crippen LogP contribution in [0.2, 0.25) is 0 Å². The largest absolute Gasteiger partial charge is 0.496 e. The third kappa shape index (κ3) is 5.81. The Morgan fingerprint density at radius 3 is 2.48 bits per heavy atom. The van der Waals surface area contributed by atoms with Gasteiger partial charge in [-0.3, -0.25) is 19.7 Å². The number of nitrogens with one attached hydrogen (secondary N) is 1. The van der Waals surface area contributed by atoms with E-state index in [1.165, 1.54) is 32.2 Å². The van der Waals surface area contributed by atoms with Crippen molar-refractivity contribution in [2.24, 2.45) is 0 Å². The van der Waals surface area contributed by atoms with Gasteiger partial charge < -0.3 is 14.8 Å². The SMILES string of the molecule is COc1ccc(OCC(=O)N[C@@H](Cc2ccccc2)C(C)=O)c([N+](=O)[O-])c1. The second kappa shape index (κ2) is 9.33. The van der Waals surface area contributed by atoms with E-state index in [9.17, 15) is 19.7 Å². The summed E-state index contributed by atoms with van der Waals surface area (Å²) in [5, 5.41) is 13.7. The molecule has 0 bridgehead atoms. The third-order valence-electron chi connectivity index (χ3n) is 3.83. The van der Waals surface area contributed by atoms with Gasteiger partial charge in [-0.25, -0.2) is 0 Å². The first-order chi connectivity index (χ1) is 12.9.